The summed E-state index contributed by atoms with van der Waals surface area (Å²) in [6.45, 7) is 14.1. The minimum atomic E-state index is -0.594. The molecular formula is C27H32N4O2. The largest absolute Gasteiger partial charge is 0.443 e. The SMILES string of the molecule is CC1=C(C)c2cc(C3C(C#N)=C(C)N(C)C(C)=C3C#N)ccc2N(C(=O)OC(C)(C)C)CC1. The molecule has 172 valence electrons. The number of fused-ring (bicyclic) bond motifs is 1. The monoisotopic (exact) mass is 444 g/mol. The molecule has 6 heteroatoms. The van der Waals surface area contributed by atoms with Gasteiger partial charge in [-0.3, -0.25) is 4.90 Å². The number of hydrogen-bond donors (Lipinski definition) is 0. The lowest BCUT2D eigenvalue weighted by Crippen LogP contribution is -2.37. The summed E-state index contributed by atoms with van der Waals surface area (Å²) < 4.78 is 5.68. The molecule has 1 amide bonds. The van der Waals surface area contributed by atoms with Crippen molar-refractivity contribution in [1.82, 2.24) is 4.90 Å². The van der Waals surface area contributed by atoms with Crippen molar-refractivity contribution in [2.45, 2.75) is 66.4 Å². The van der Waals surface area contributed by atoms with Crippen LogP contribution in [0.2, 0.25) is 0 Å². The number of carbonyl (C=O) groups is 1. The standard InChI is InChI=1S/C27H32N4O2/c1-16-11-12-31(26(32)33-27(5,6)7)24-10-9-20(13-21(24)17(16)2)25-22(14-28)18(3)30(8)19(4)23(25)15-29/h9-10,13,25H,11-12H2,1-8H3. The van der Waals surface area contributed by atoms with Crippen LogP contribution in [0.15, 0.2) is 46.3 Å². The first kappa shape index (κ1) is 24.1. The predicted octanol–water partition coefficient (Wildman–Crippen LogP) is 6.25. The van der Waals surface area contributed by atoms with Crippen molar-refractivity contribution in [3.8, 4) is 12.1 Å². The Balaban J connectivity index is 2.20. The molecule has 0 spiro atoms. The van der Waals surface area contributed by atoms with Crippen molar-refractivity contribution < 1.29 is 9.53 Å². The summed E-state index contributed by atoms with van der Waals surface area (Å²) in [6.07, 6.45) is 0.369. The van der Waals surface area contributed by atoms with Gasteiger partial charge in [0.2, 0.25) is 0 Å². The van der Waals surface area contributed by atoms with Gasteiger partial charge in [0.15, 0.2) is 0 Å². The lowest BCUT2D eigenvalue weighted by molar-refractivity contribution is 0.0581. The number of ether oxygens (including phenoxy) is 1. The minimum absolute atomic E-state index is 0.375. The molecule has 1 aromatic carbocycles. The van der Waals surface area contributed by atoms with E-state index in [4.69, 9.17) is 4.74 Å². The molecule has 0 unspecified atom stereocenters. The molecule has 0 N–H and O–H groups in total. The highest BCUT2D eigenvalue weighted by molar-refractivity contribution is 5.94. The Kier molecular flexibility index (Phi) is 6.43. The average Bonchev–Trinajstić information content (AvgIpc) is 2.87. The maximum atomic E-state index is 13.0. The molecule has 3 rings (SSSR count). The van der Waals surface area contributed by atoms with Crippen LogP contribution in [-0.2, 0) is 4.74 Å². The molecular weight excluding hydrogens is 412 g/mol. The van der Waals surface area contributed by atoms with Gasteiger partial charge < -0.3 is 9.64 Å². The molecule has 2 heterocycles. The van der Waals surface area contributed by atoms with Gasteiger partial charge in [0, 0.05) is 30.5 Å². The number of nitrogens with zero attached hydrogens (tertiary/aromatic N) is 4. The maximum Gasteiger partial charge on any atom is 0.414 e. The van der Waals surface area contributed by atoms with E-state index >= 15 is 0 Å². The van der Waals surface area contributed by atoms with E-state index in [2.05, 4.69) is 26.0 Å². The Hall–Kier alpha value is -3.51. The maximum absolute atomic E-state index is 13.0. The van der Waals surface area contributed by atoms with Gasteiger partial charge in [-0.15, -0.1) is 0 Å². The van der Waals surface area contributed by atoms with Crippen LogP contribution in [0.5, 0.6) is 0 Å². The number of anilines is 1. The average molecular weight is 445 g/mol. The van der Waals surface area contributed by atoms with Crippen LogP contribution < -0.4 is 4.90 Å². The molecule has 0 saturated heterocycles. The topological polar surface area (TPSA) is 80.4 Å². The zero-order valence-corrected chi connectivity index (χ0v) is 20.8. The van der Waals surface area contributed by atoms with E-state index in [9.17, 15) is 15.3 Å². The van der Waals surface area contributed by atoms with E-state index in [1.165, 1.54) is 5.57 Å². The highest BCUT2D eigenvalue weighted by atomic mass is 16.6. The van der Waals surface area contributed by atoms with Crippen LogP contribution in [0.25, 0.3) is 5.57 Å². The fourth-order valence-electron chi connectivity index (χ4n) is 4.39. The van der Waals surface area contributed by atoms with Gasteiger partial charge in [-0.2, -0.15) is 10.5 Å². The fraction of sp³-hybridized carbons (Fsp3) is 0.444. The first-order valence-corrected chi connectivity index (χ1v) is 11.2. The third-order valence-electron chi connectivity index (χ3n) is 6.62. The van der Waals surface area contributed by atoms with Gasteiger partial charge in [0.25, 0.3) is 0 Å². The smallest absolute Gasteiger partial charge is 0.414 e. The molecule has 6 nitrogen and oxygen atoms in total. The number of allylic oxidation sites excluding steroid dienone is 5. The molecule has 0 saturated carbocycles. The third-order valence-corrected chi connectivity index (χ3v) is 6.62. The van der Waals surface area contributed by atoms with Crippen LogP contribution in [0.4, 0.5) is 10.5 Å². The highest BCUT2D eigenvalue weighted by Crippen LogP contribution is 2.43. The van der Waals surface area contributed by atoms with E-state index in [-0.39, 0.29) is 6.09 Å². The Morgan fingerprint density at radius 3 is 2.15 bits per heavy atom. The molecule has 2 aliphatic rings. The van der Waals surface area contributed by atoms with Gasteiger partial charge in [-0.1, -0.05) is 11.6 Å². The molecule has 1 aromatic rings. The van der Waals surface area contributed by atoms with Crippen molar-refractivity contribution in [2.24, 2.45) is 0 Å². The Bertz CT molecular complexity index is 1140. The van der Waals surface area contributed by atoms with Crippen LogP contribution >= 0.6 is 0 Å². The zero-order valence-electron chi connectivity index (χ0n) is 20.8. The summed E-state index contributed by atoms with van der Waals surface area (Å²) in [4.78, 5) is 16.6. The van der Waals surface area contributed by atoms with Gasteiger partial charge in [0.05, 0.1) is 34.9 Å². The van der Waals surface area contributed by atoms with Crippen molar-refractivity contribution >= 4 is 17.4 Å². The molecule has 0 fully saturated rings. The summed E-state index contributed by atoms with van der Waals surface area (Å²) in [5.74, 6) is -0.437. The van der Waals surface area contributed by atoms with Crippen LogP contribution in [0.3, 0.4) is 0 Å². The minimum Gasteiger partial charge on any atom is -0.443 e. The Labute approximate surface area is 197 Å². The van der Waals surface area contributed by atoms with E-state index < -0.39 is 11.5 Å². The summed E-state index contributed by atoms with van der Waals surface area (Å²) in [5, 5.41) is 19.9. The van der Waals surface area contributed by atoms with Gasteiger partial charge in [0.1, 0.15) is 5.60 Å². The van der Waals surface area contributed by atoms with Gasteiger partial charge >= 0.3 is 6.09 Å². The van der Waals surface area contributed by atoms with E-state index in [0.29, 0.717) is 17.7 Å². The number of rotatable bonds is 1. The van der Waals surface area contributed by atoms with E-state index in [0.717, 1.165) is 40.2 Å². The number of benzene rings is 1. The normalized spacial score (nSPS) is 17.5. The molecule has 33 heavy (non-hydrogen) atoms. The van der Waals surface area contributed by atoms with Crippen LogP contribution in [0, 0.1) is 22.7 Å². The second-order valence-electron chi connectivity index (χ2n) is 9.78. The number of hydrogen-bond acceptors (Lipinski definition) is 5. The van der Waals surface area contributed by atoms with E-state index in [1.54, 1.807) is 4.90 Å². The van der Waals surface area contributed by atoms with Crippen molar-refractivity contribution in [1.29, 1.82) is 10.5 Å². The highest BCUT2D eigenvalue weighted by Gasteiger charge is 2.33. The first-order valence-electron chi connectivity index (χ1n) is 11.2. The fourth-order valence-corrected chi connectivity index (χ4v) is 4.39. The molecule has 2 aliphatic heterocycles. The molecule has 0 aromatic heterocycles. The quantitative estimate of drug-likeness (QED) is 0.511. The third kappa shape index (κ3) is 4.39. The zero-order chi connectivity index (χ0) is 24.7. The number of carbonyl (C=O) groups excluding carboxylic acids is 1. The molecule has 0 radical (unpaired) electrons. The van der Waals surface area contributed by atoms with E-state index in [1.807, 2.05) is 64.8 Å². The summed E-state index contributed by atoms with van der Waals surface area (Å²) in [7, 11) is 1.88. The Morgan fingerprint density at radius 1 is 1.06 bits per heavy atom. The lowest BCUT2D eigenvalue weighted by Gasteiger charge is -2.33. The number of nitriles is 2. The Morgan fingerprint density at radius 2 is 1.64 bits per heavy atom. The summed E-state index contributed by atoms with van der Waals surface area (Å²) >= 11 is 0. The molecule has 0 bridgehead atoms. The van der Waals surface area contributed by atoms with Crippen LogP contribution in [-0.4, -0.2) is 30.2 Å². The molecule has 0 atom stereocenters. The van der Waals surface area contributed by atoms with Crippen molar-refractivity contribution in [2.75, 3.05) is 18.5 Å². The van der Waals surface area contributed by atoms with Crippen molar-refractivity contribution in [3.05, 3.63) is 57.4 Å². The predicted molar refractivity (Wildman–Crippen MR) is 130 cm³/mol. The molecule has 0 aliphatic carbocycles. The summed E-state index contributed by atoms with van der Waals surface area (Å²) in [6, 6.07) is 10.6. The second kappa shape index (κ2) is 8.79. The second-order valence-corrected chi connectivity index (χ2v) is 9.78. The van der Waals surface area contributed by atoms with Crippen molar-refractivity contribution in [3.63, 3.8) is 0 Å². The van der Waals surface area contributed by atoms with Gasteiger partial charge in [-0.25, -0.2) is 4.79 Å². The lowest BCUT2D eigenvalue weighted by atomic mass is 9.80. The number of amides is 1. The summed E-state index contributed by atoms with van der Waals surface area (Å²) in [5.41, 5.74) is 7.10. The van der Waals surface area contributed by atoms with Crippen LogP contribution in [0.1, 0.15) is 71.9 Å². The first-order chi connectivity index (χ1) is 15.4. The van der Waals surface area contributed by atoms with Gasteiger partial charge in [-0.05, 0) is 78.2 Å².